The Bertz CT molecular complexity index is 460. The zero-order chi connectivity index (χ0) is 15.0. The van der Waals surface area contributed by atoms with Crippen molar-refractivity contribution in [2.75, 3.05) is 18.5 Å². The first-order valence-corrected chi connectivity index (χ1v) is 6.69. The Labute approximate surface area is 119 Å². The number of nitrogens with two attached hydrogens (primary N) is 1. The van der Waals surface area contributed by atoms with Crippen molar-refractivity contribution in [3.63, 3.8) is 0 Å². The molecular formula is C15H22N2O3. The maximum absolute atomic E-state index is 11.9. The van der Waals surface area contributed by atoms with E-state index >= 15 is 0 Å². The van der Waals surface area contributed by atoms with E-state index in [9.17, 15) is 4.79 Å². The molecule has 0 bridgehead atoms. The summed E-state index contributed by atoms with van der Waals surface area (Å²) >= 11 is 0. The van der Waals surface area contributed by atoms with Crippen LogP contribution in [0.2, 0.25) is 0 Å². The number of hydrogen-bond donors (Lipinski definition) is 2. The van der Waals surface area contributed by atoms with Gasteiger partial charge in [-0.05, 0) is 32.4 Å². The largest absolute Gasteiger partial charge is 0.494 e. The first kappa shape index (κ1) is 16.0. The van der Waals surface area contributed by atoms with Gasteiger partial charge in [-0.15, -0.1) is 6.58 Å². The molecule has 20 heavy (non-hydrogen) atoms. The number of carbonyl (C=O) groups is 1. The molecule has 0 aliphatic heterocycles. The van der Waals surface area contributed by atoms with Crippen molar-refractivity contribution >= 4 is 11.6 Å². The fourth-order valence-electron chi connectivity index (χ4n) is 1.66. The summed E-state index contributed by atoms with van der Waals surface area (Å²) in [4.78, 5) is 11.9. The monoisotopic (exact) mass is 278 g/mol. The third-order valence-corrected chi connectivity index (χ3v) is 2.58. The molecule has 1 atom stereocenters. The van der Waals surface area contributed by atoms with Crippen LogP contribution in [0.15, 0.2) is 30.9 Å². The van der Waals surface area contributed by atoms with Gasteiger partial charge in [0.05, 0.1) is 24.9 Å². The number of hydrogen-bond acceptors (Lipinski definition) is 4. The van der Waals surface area contributed by atoms with Gasteiger partial charge in [-0.3, -0.25) is 4.79 Å². The van der Waals surface area contributed by atoms with Crippen LogP contribution in [-0.2, 0) is 4.79 Å². The molecular weight excluding hydrogens is 256 g/mol. The zero-order valence-corrected chi connectivity index (χ0v) is 12.0. The summed E-state index contributed by atoms with van der Waals surface area (Å²) in [5.41, 5.74) is 6.30. The second-order valence-electron chi connectivity index (χ2n) is 4.14. The Morgan fingerprint density at radius 3 is 2.70 bits per heavy atom. The van der Waals surface area contributed by atoms with Gasteiger partial charge in [-0.25, -0.2) is 0 Å². The Balaban J connectivity index is 2.91. The van der Waals surface area contributed by atoms with Crippen molar-refractivity contribution in [2.24, 2.45) is 5.73 Å². The third kappa shape index (κ3) is 4.59. The molecule has 0 spiro atoms. The first-order chi connectivity index (χ1) is 9.62. The molecule has 3 N–H and O–H groups in total. The molecule has 0 saturated carbocycles. The van der Waals surface area contributed by atoms with E-state index in [-0.39, 0.29) is 5.91 Å². The molecule has 5 nitrogen and oxygen atoms in total. The molecule has 1 aromatic carbocycles. The van der Waals surface area contributed by atoms with Crippen LogP contribution in [-0.4, -0.2) is 25.2 Å². The highest BCUT2D eigenvalue weighted by Crippen LogP contribution is 2.29. The highest BCUT2D eigenvalue weighted by molar-refractivity contribution is 5.96. The normalized spacial score (nSPS) is 11.6. The van der Waals surface area contributed by atoms with Gasteiger partial charge in [-0.2, -0.15) is 0 Å². The summed E-state index contributed by atoms with van der Waals surface area (Å²) < 4.78 is 10.9. The number of benzene rings is 1. The van der Waals surface area contributed by atoms with Crippen LogP contribution < -0.4 is 20.5 Å². The predicted molar refractivity (Wildman–Crippen MR) is 80.2 cm³/mol. The standard InChI is InChI=1S/C15H22N2O3/c1-4-7-12(16)15(18)17-13-10-11(19-5-2)8-9-14(13)20-6-3/h4,8-10,12H,1,5-7,16H2,2-3H3,(H,17,18). The minimum Gasteiger partial charge on any atom is -0.494 e. The number of carbonyl (C=O) groups excluding carboxylic acids is 1. The summed E-state index contributed by atoms with van der Waals surface area (Å²) in [5, 5.41) is 2.76. The molecule has 1 rings (SSSR count). The van der Waals surface area contributed by atoms with Crippen LogP contribution >= 0.6 is 0 Å². The summed E-state index contributed by atoms with van der Waals surface area (Å²) in [6, 6.07) is 4.67. The second-order valence-corrected chi connectivity index (χ2v) is 4.14. The molecule has 0 fully saturated rings. The summed E-state index contributed by atoms with van der Waals surface area (Å²) in [6.45, 7) is 8.41. The van der Waals surface area contributed by atoms with Crippen LogP contribution in [0.1, 0.15) is 20.3 Å². The van der Waals surface area contributed by atoms with Gasteiger partial charge in [0.15, 0.2) is 0 Å². The predicted octanol–water partition coefficient (Wildman–Crippen LogP) is 2.33. The Kier molecular flexibility index (Phi) is 6.59. The summed E-state index contributed by atoms with van der Waals surface area (Å²) in [5.74, 6) is 0.984. The Morgan fingerprint density at radius 1 is 1.40 bits per heavy atom. The van der Waals surface area contributed by atoms with E-state index in [4.69, 9.17) is 15.2 Å². The fourth-order valence-corrected chi connectivity index (χ4v) is 1.66. The average molecular weight is 278 g/mol. The van der Waals surface area contributed by atoms with E-state index in [1.54, 1.807) is 24.3 Å². The highest BCUT2D eigenvalue weighted by Gasteiger charge is 2.15. The van der Waals surface area contributed by atoms with E-state index in [0.717, 1.165) is 0 Å². The first-order valence-electron chi connectivity index (χ1n) is 6.69. The van der Waals surface area contributed by atoms with Crippen molar-refractivity contribution in [3.8, 4) is 11.5 Å². The van der Waals surface area contributed by atoms with Crippen LogP contribution in [0.4, 0.5) is 5.69 Å². The number of rotatable bonds is 8. The molecule has 0 saturated heterocycles. The van der Waals surface area contributed by atoms with Crippen LogP contribution in [0.3, 0.4) is 0 Å². The quantitative estimate of drug-likeness (QED) is 0.716. The van der Waals surface area contributed by atoms with Gasteiger partial charge in [0.1, 0.15) is 11.5 Å². The molecule has 1 aromatic rings. The molecule has 1 unspecified atom stereocenters. The van der Waals surface area contributed by atoms with Crippen molar-refractivity contribution in [2.45, 2.75) is 26.3 Å². The van der Waals surface area contributed by atoms with E-state index in [1.807, 2.05) is 13.8 Å². The molecule has 110 valence electrons. The van der Waals surface area contributed by atoms with Crippen molar-refractivity contribution in [1.29, 1.82) is 0 Å². The van der Waals surface area contributed by atoms with Gasteiger partial charge < -0.3 is 20.5 Å². The van der Waals surface area contributed by atoms with E-state index in [1.165, 1.54) is 0 Å². The Morgan fingerprint density at radius 2 is 2.10 bits per heavy atom. The number of nitrogens with one attached hydrogen (secondary N) is 1. The topological polar surface area (TPSA) is 73.6 Å². The SMILES string of the molecule is C=CCC(N)C(=O)Nc1cc(OCC)ccc1OCC. The highest BCUT2D eigenvalue weighted by atomic mass is 16.5. The third-order valence-electron chi connectivity index (χ3n) is 2.58. The second kappa shape index (κ2) is 8.22. The molecule has 0 aliphatic rings. The van der Waals surface area contributed by atoms with Crippen LogP contribution in [0, 0.1) is 0 Å². The smallest absolute Gasteiger partial charge is 0.241 e. The maximum Gasteiger partial charge on any atom is 0.241 e. The molecule has 0 heterocycles. The lowest BCUT2D eigenvalue weighted by atomic mass is 10.2. The van der Waals surface area contributed by atoms with Crippen molar-refractivity contribution in [1.82, 2.24) is 0 Å². The van der Waals surface area contributed by atoms with Gasteiger partial charge in [0.25, 0.3) is 0 Å². The Hall–Kier alpha value is -2.01. The minimum atomic E-state index is -0.627. The average Bonchev–Trinajstić information content (AvgIpc) is 2.42. The van der Waals surface area contributed by atoms with Gasteiger partial charge in [-0.1, -0.05) is 6.08 Å². The van der Waals surface area contributed by atoms with Gasteiger partial charge in [0.2, 0.25) is 5.91 Å². The lowest BCUT2D eigenvalue weighted by molar-refractivity contribution is -0.117. The van der Waals surface area contributed by atoms with Crippen LogP contribution in [0.5, 0.6) is 11.5 Å². The van der Waals surface area contributed by atoms with Gasteiger partial charge in [0, 0.05) is 6.07 Å². The lowest BCUT2D eigenvalue weighted by Crippen LogP contribution is -2.35. The minimum absolute atomic E-state index is 0.278. The summed E-state index contributed by atoms with van der Waals surface area (Å²) in [7, 11) is 0. The van der Waals surface area contributed by atoms with E-state index in [2.05, 4.69) is 11.9 Å². The van der Waals surface area contributed by atoms with Gasteiger partial charge >= 0.3 is 0 Å². The maximum atomic E-state index is 11.9. The number of anilines is 1. The lowest BCUT2D eigenvalue weighted by Gasteiger charge is -2.15. The van der Waals surface area contributed by atoms with E-state index < -0.39 is 6.04 Å². The molecule has 1 amide bonds. The molecule has 5 heteroatoms. The summed E-state index contributed by atoms with van der Waals surface area (Å²) in [6.07, 6.45) is 2.03. The number of ether oxygens (including phenoxy) is 2. The zero-order valence-electron chi connectivity index (χ0n) is 12.0. The number of amides is 1. The van der Waals surface area contributed by atoms with Crippen LogP contribution in [0.25, 0.3) is 0 Å². The molecule has 0 aromatic heterocycles. The molecule has 0 radical (unpaired) electrons. The molecule has 0 aliphatic carbocycles. The van der Waals surface area contributed by atoms with E-state index in [0.29, 0.717) is 36.8 Å². The van der Waals surface area contributed by atoms with Crippen molar-refractivity contribution < 1.29 is 14.3 Å². The fraction of sp³-hybridized carbons (Fsp3) is 0.400. The van der Waals surface area contributed by atoms with Crippen molar-refractivity contribution in [3.05, 3.63) is 30.9 Å².